The Hall–Kier alpha value is -2.33. The zero-order valence-electron chi connectivity index (χ0n) is 12.3. The number of aryl methyl sites for hydroxylation is 1. The molecular weight excluding hydrogens is 264 g/mol. The van der Waals surface area contributed by atoms with Crippen LogP contribution in [-0.2, 0) is 11.3 Å². The van der Waals surface area contributed by atoms with Gasteiger partial charge in [-0.05, 0) is 37.2 Å². The number of nitrogens with zero attached hydrogens (tertiary/aromatic N) is 1. The normalized spacial score (nSPS) is 10.6. The zero-order valence-corrected chi connectivity index (χ0v) is 12.3. The summed E-state index contributed by atoms with van der Waals surface area (Å²) in [7, 11) is 1.89. The van der Waals surface area contributed by atoms with Crippen LogP contribution < -0.4 is 5.32 Å². The molecule has 2 rings (SSSR count). The average Bonchev–Trinajstić information content (AvgIpc) is 2.43. The second-order valence-electron chi connectivity index (χ2n) is 5.23. The van der Waals surface area contributed by atoms with E-state index in [1.54, 1.807) is 12.1 Å². The highest BCUT2D eigenvalue weighted by atomic mass is 16.3. The largest absolute Gasteiger partial charge is 0.506 e. The number of carbonyl (C=O) groups is 1. The Balaban J connectivity index is 1.89. The smallest absolute Gasteiger partial charge is 0.238 e. The van der Waals surface area contributed by atoms with Gasteiger partial charge < -0.3 is 10.4 Å². The van der Waals surface area contributed by atoms with Crippen molar-refractivity contribution in [1.29, 1.82) is 0 Å². The lowest BCUT2D eigenvalue weighted by molar-refractivity contribution is -0.117. The second kappa shape index (κ2) is 6.90. The van der Waals surface area contributed by atoms with Gasteiger partial charge in [0.1, 0.15) is 5.75 Å². The molecule has 2 aromatic carbocycles. The maximum absolute atomic E-state index is 12.0. The third-order valence-electron chi connectivity index (χ3n) is 3.14. The Morgan fingerprint density at radius 1 is 1.19 bits per heavy atom. The van der Waals surface area contributed by atoms with E-state index in [1.165, 1.54) is 0 Å². The number of amides is 1. The topological polar surface area (TPSA) is 52.6 Å². The van der Waals surface area contributed by atoms with E-state index in [0.29, 0.717) is 12.2 Å². The van der Waals surface area contributed by atoms with Gasteiger partial charge in [0.2, 0.25) is 5.91 Å². The molecular formula is C17H20N2O2. The summed E-state index contributed by atoms with van der Waals surface area (Å²) in [6.07, 6.45) is 0. The minimum atomic E-state index is -0.146. The predicted molar refractivity (Wildman–Crippen MR) is 84.2 cm³/mol. The number of phenolic OH excluding ortho intramolecular Hbond substituents is 1. The van der Waals surface area contributed by atoms with Crippen LogP contribution in [0.15, 0.2) is 48.5 Å². The molecule has 0 saturated heterocycles. The fourth-order valence-corrected chi connectivity index (χ4v) is 2.13. The van der Waals surface area contributed by atoms with E-state index in [9.17, 15) is 9.90 Å². The molecule has 0 aromatic heterocycles. The number of anilines is 1. The molecule has 110 valence electrons. The van der Waals surface area contributed by atoms with Gasteiger partial charge in [0.15, 0.2) is 0 Å². The highest BCUT2D eigenvalue weighted by Gasteiger charge is 2.09. The number of hydrogen-bond acceptors (Lipinski definition) is 3. The van der Waals surface area contributed by atoms with Crippen molar-refractivity contribution in [2.45, 2.75) is 13.5 Å². The number of hydrogen-bond donors (Lipinski definition) is 2. The quantitative estimate of drug-likeness (QED) is 0.830. The summed E-state index contributed by atoms with van der Waals surface area (Å²) < 4.78 is 0. The average molecular weight is 284 g/mol. The zero-order chi connectivity index (χ0) is 15.2. The van der Waals surface area contributed by atoms with Crippen molar-refractivity contribution in [2.24, 2.45) is 0 Å². The van der Waals surface area contributed by atoms with Gasteiger partial charge in [-0.1, -0.05) is 36.4 Å². The summed E-state index contributed by atoms with van der Waals surface area (Å²) in [6.45, 7) is 2.86. The van der Waals surface area contributed by atoms with E-state index in [1.807, 2.05) is 55.3 Å². The van der Waals surface area contributed by atoms with Crippen molar-refractivity contribution < 1.29 is 9.90 Å². The van der Waals surface area contributed by atoms with Gasteiger partial charge in [-0.25, -0.2) is 0 Å². The van der Waals surface area contributed by atoms with Crippen LogP contribution in [0.25, 0.3) is 0 Å². The van der Waals surface area contributed by atoms with Crippen LogP contribution in [0.4, 0.5) is 5.69 Å². The van der Waals surface area contributed by atoms with Gasteiger partial charge in [0.25, 0.3) is 0 Å². The summed E-state index contributed by atoms with van der Waals surface area (Å²) in [5, 5.41) is 12.5. The Bertz CT molecular complexity index is 611. The molecule has 0 fully saturated rings. The minimum Gasteiger partial charge on any atom is -0.506 e. The van der Waals surface area contributed by atoms with Gasteiger partial charge in [-0.15, -0.1) is 0 Å². The van der Waals surface area contributed by atoms with Crippen LogP contribution in [0.5, 0.6) is 5.75 Å². The fraction of sp³-hybridized carbons (Fsp3) is 0.235. The van der Waals surface area contributed by atoms with E-state index in [2.05, 4.69) is 5.32 Å². The first-order valence-electron chi connectivity index (χ1n) is 6.86. The molecule has 0 radical (unpaired) electrons. The molecule has 21 heavy (non-hydrogen) atoms. The van der Waals surface area contributed by atoms with Crippen LogP contribution in [0.1, 0.15) is 11.1 Å². The minimum absolute atomic E-state index is 0.0917. The third-order valence-corrected chi connectivity index (χ3v) is 3.14. The first-order chi connectivity index (χ1) is 10.0. The Kier molecular flexibility index (Phi) is 4.95. The van der Waals surface area contributed by atoms with Crippen molar-refractivity contribution >= 4 is 11.6 Å². The molecule has 0 heterocycles. The Morgan fingerprint density at radius 2 is 1.90 bits per heavy atom. The van der Waals surface area contributed by atoms with E-state index < -0.39 is 0 Å². The summed E-state index contributed by atoms with van der Waals surface area (Å²) in [4.78, 5) is 13.9. The van der Waals surface area contributed by atoms with Gasteiger partial charge in [-0.2, -0.15) is 0 Å². The lowest BCUT2D eigenvalue weighted by atomic mass is 10.2. The highest BCUT2D eigenvalue weighted by molar-refractivity contribution is 5.93. The van der Waals surface area contributed by atoms with Gasteiger partial charge in [-0.3, -0.25) is 9.69 Å². The van der Waals surface area contributed by atoms with Gasteiger partial charge in [0, 0.05) is 6.54 Å². The van der Waals surface area contributed by atoms with Crippen molar-refractivity contribution in [2.75, 3.05) is 18.9 Å². The first kappa shape index (κ1) is 15.1. The molecule has 0 spiro atoms. The molecule has 0 aliphatic heterocycles. The maximum Gasteiger partial charge on any atom is 0.238 e. The molecule has 4 nitrogen and oxygen atoms in total. The molecule has 0 aliphatic rings. The third kappa shape index (κ3) is 4.61. The summed E-state index contributed by atoms with van der Waals surface area (Å²) in [6, 6.07) is 15.2. The van der Waals surface area contributed by atoms with Crippen LogP contribution >= 0.6 is 0 Å². The molecule has 2 aromatic rings. The highest BCUT2D eigenvalue weighted by Crippen LogP contribution is 2.23. The van der Waals surface area contributed by atoms with E-state index in [4.69, 9.17) is 0 Å². The fourth-order valence-electron chi connectivity index (χ4n) is 2.13. The lowest BCUT2D eigenvalue weighted by Crippen LogP contribution is -2.29. The van der Waals surface area contributed by atoms with Crippen LogP contribution in [0.3, 0.4) is 0 Å². The van der Waals surface area contributed by atoms with Crippen LogP contribution in [-0.4, -0.2) is 29.5 Å². The predicted octanol–water partition coefficient (Wildman–Crippen LogP) is 2.77. The maximum atomic E-state index is 12.0. The summed E-state index contributed by atoms with van der Waals surface area (Å²) in [5.74, 6) is -0.0540. The summed E-state index contributed by atoms with van der Waals surface area (Å²) in [5.41, 5.74) is 2.55. The van der Waals surface area contributed by atoms with Gasteiger partial charge in [0.05, 0.1) is 12.2 Å². The number of phenols is 1. The molecule has 0 aliphatic carbocycles. The number of aromatic hydroxyl groups is 1. The number of rotatable bonds is 5. The van der Waals surface area contributed by atoms with E-state index in [0.717, 1.165) is 11.1 Å². The summed E-state index contributed by atoms with van der Waals surface area (Å²) >= 11 is 0. The number of nitrogens with one attached hydrogen (secondary N) is 1. The SMILES string of the molecule is Cc1ccc(NC(=O)CN(C)Cc2ccccc2)c(O)c1. The van der Waals surface area contributed by atoms with Crippen molar-refractivity contribution in [1.82, 2.24) is 4.90 Å². The Morgan fingerprint density at radius 3 is 2.57 bits per heavy atom. The number of likely N-dealkylation sites (N-methyl/N-ethyl adjacent to an activating group) is 1. The van der Waals surface area contributed by atoms with Crippen molar-refractivity contribution in [3.05, 3.63) is 59.7 Å². The van der Waals surface area contributed by atoms with E-state index in [-0.39, 0.29) is 18.2 Å². The molecule has 0 bridgehead atoms. The van der Waals surface area contributed by atoms with Crippen molar-refractivity contribution in [3.8, 4) is 5.75 Å². The molecule has 0 atom stereocenters. The van der Waals surface area contributed by atoms with Crippen LogP contribution in [0, 0.1) is 6.92 Å². The molecule has 2 N–H and O–H groups in total. The number of carbonyl (C=O) groups excluding carboxylic acids is 1. The monoisotopic (exact) mass is 284 g/mol. The molecule has 0 unspecified atom stereocenters. The standard InChI is InChI=1S/C17H20N2O2/c1-13-8-9-15(16(20)10-13)18-17(21)12-19(2)11-14-6-4-3-5-7-14/h3-10,20H,11-12H2,1-2H3,(H,18,21). The second-order valence-corrected chi connectivity index (χ2v) is 5.23. The van der Waals surface area contributed by atoms with Crippen LogP contribution in [0.2, 0.25) is 0 Å². The molecule has 1 amide bonds. The van der Waals surface area contributed by atoms with Crippen molar-refractivity contribution in [3.63, 3.8) is 0 Å². The van der Waals surface area contributed by atoms with Gasteiger partial charge >= 0.3 is 0 Å². The first-order valence-corrected chi connectivity index (χ1v) is 6.86. The van der Waals surface area contributed by atoms with E-state index >= 15 is 0 Å². The number of benzene rings is 2. The Labute approximate surface area is 125 Å². The molecule has 4 heteroatoms. The molecule has 0 saturated carbocycles. The lowest BCUT2D eigenvalue weighted by Gasteiger charge is -2.16.